The lowest BCUT2D eigenvalue weighted by molar-refractivity contribution is -0.131. The first-order chi connectivity index (χ1) is 10.1. The zero-order chi connectivity index (χ0) is 15.2. The summed E-state index contributed by atoms with van der Waals surface area (Å²) in [5, 5.41) is 8.65. The summed E-state index contributed by atoms with van der Waals surface area (Å²) in [5.74, 6) is -0.282. The van der Waals surface area contributed by atoms with Crippen molar-refractivity contribution < 1.29 is 14.7 Å². The Morgan fingerprint density at radius 2 is 2.10 bits per heavy atom. The van der Waals surface area contributed by atoms with E-state index in [1.165, 1.54) is 12.5 Å². The molecule has 0 radical (unpaired) electrons. The van der Waals surface area contributed by atoms with Crippen LogP contribution in [-0.2, 0) is 4.79 Å². The minimum atomic E-state index is -0.992. The molecule has 2 rings (SSSR count). The van der Waals surface area contributed by atoms with Crippen molar-refractivity contribution in [2.45, 2.75) is 26.2 Å². The molecular weight excluding hydrogens is 266 g/mol. The number of carbonyl (C=O) groups excluding carboxylic acids is 1. The SMILES string of the molecule is CC1CCCN(C(=O)c2cccc(C=CC(=O)O)c2)CC1. The van der Waals surface area contributed by atoms with Crippen molar-refractivity contribution in [3.05, 3.63) is 41.5 Å². The molecule has 1 amide bonds. The van der Waals surface area contributed by atoms with Gasteiger partial charge in [-0.2, -0.15) is 0 Å². The highest BCUT2D eigenvalue weighted by Crippen LogP contribution is 2.18. The van der Waals surface area contributed by atoms with E-state index in [0.29, 0.717) is 11.5 Å². The summed E-state index contributed by atoms with van der Waals surface area (Å²) in [7, 11) is 0. The molecule has 4 nitrogen and oxygen atoms in total. The fourth-order valence-corrected chi connectivity index (χ4v) is 2.59. The predicted octanol–water partition coefficient (Wildman–Crippen LogP) is 3.05. The molecule has 0 bridgehead atoms. The Kier molecular flexibility index (Phi) is 5.14. The van der Waals surface area contributed by atoms with Gasteiger partial charge in [-0.25, -0.2) is 4.79 Å². The van der Waals surface area contributed by atoms with E-state index >= 15 is 0 Å². The lowest BCUT2D eigenvalue weighted by Crippen LogP contribution is -2.32. The predicted molar refractivity (Wildman–Crippen MR) is 82.0 cm³/mol. The molecule has 1 unspecified atom stereocenters. The summed E-state index contributed by atoms with van der Waals surface area (Å²) in [6.45, 7) is 3.83. The van der Waals surface area contributed by atoms with Crippen LogP contribution in [0.25, 0.3) is 6.08 Å². The highest BCUT2D eigenvalue weighted by Gasteiger charge is 2.19. The normalized spacial score (nSPS) is 19.5. The molecule has 1 aliphatic rings. The van der Waals surface area contributed by atoms with Crippen LogP contribution in [0.4, 0.5) is 0 Å². The number of rotatable bonds is 3. The van der Waals surface area contributed by atoms with Crippen LogP contribution in [-0.4, -0.2) is 35.0 Å². The third-order valence-electron chi connectivity index (χ3n) is 3.86. The summed E-state index contributed by atoms with van der Waals surface area (Å²) in [5.41, 5.74) is 1.35. The van der Waals surface area contributed by atoms with Crippen molar-refractivity contribution in [3.8, 4) is 0 Å². The molecule has 21 heavy (non-hydrogen) atoms. The Hall–Kier alpha value is -2.10. The van der Waals surface area contributed by atoms with Crippen LogP contribution in [0.2, 0.25) is 0 Å². The fourth-order valence-electron chi connectivity index (χ4n) is 2.59. The molecule has 4 heteroatoms. The van der Waals surface area contributed by atoms with Crippen molar-refractivity contribution in [2.24, 2.45) is 5.92 Å². The van der Waals surface area contributed by atoms with Crippen molar-refractivity contribution >= 4 is 18.0 Å². The Balaban J connectivity index is 2.11. The molecular formula is C17H21NO3. The smallest absolute Gasteiger partial charge is 0.328 e. The third kappa shape index (κ3) is 4.45. The zero-order valence-electron chi connectivity index (χ0n) is 12.3. The van der Waals surface area contributed by atoms with Crippen LogP contribution in [0.3, 0.4) is 0 Å². The quantitative estimate of drug-likeness (QED) is 0.869. The van der Waals surface area contributed by atoms with Gasteiger partial charge in [-0.3, -0.25) is 4.79 Å². The van der Waals surface area contributed by atoms with Gasteiger partial charge >= 0.3 is 5.97 Å². The Bertz CT molecular complexity index is 551. The highest BCUT2D eigenvalue weighted by atomic mass is 16.4. The van der Waals surface area contributed by atoms with E-state index < -0.39 is 5.97 Å². The molecule has 0 aliphatic carbocycles. The van der Waals surface area contributed by atoms with E-state index in [4.69, 9.17) is 5.11 Å². The van der Waals surface area contributed by atoms with Gasteiger partial charge in [-0.05, 0) is 49.0 Å². The van der Waals surface area contributed by atoms with Crippen LogP contribution in [0.15, 0.2) is 30.3 Å². The van der Waals surface area contributed by atoms with E-state index in [-0.39, 0.29) is 5.91 Å². The second-order valence-corrected chi connectivity index (χ2v) is 5.63. The van der Waals surface area contributed by atoms with E-state index in [0.717, 1.165) is 37.6 Å². The van der Waals surface area contributed by atoms with Gasteiger partial charge in [0.2, 0.25) is 0 Å². The van der Waals surface area contributed by atoms with Gasteiger partial charge in [-0.15, -0.1) is 0 Å². The number of carboxylic acid groups (broad SMARTS) is 1. The summed E-state index contributed by atoms with van der Waals surface area (Å²) >= 11 is 0. The largest absolute Gasteiger partial charge is 0.478 e. The summed E-state index contributed by atoms with van der Waals surface area (Å²) in [6.07, 6.45) is 5.85. The molecule has 1 aliphatic heterocycles. The minimum Gasteiger partial charge on any atom is -0.478 e. The average molecular weight is 287 g/mol. The third-order valence-corrected chi connectivity index (χ3v) is 3.86. The standard InChI is InChI=1S/C17H21NO3/c1-13-4-3-10-18(11-9-13)17(21)15-6-2-5-14(12-15)7-8-16(19)20/h2,5-8,12-13H,3-4,9-11H2,1H3,(H,19,20). The fraction of sp³-hybridized carbons (Fsp3) is 0.412. The Morgan fingerprint density at radius 1 is 1.29 bits per heavy atom. The number of hydrogen-bond acceptors (Lipinski definition) is 2. The number of benzene rings is 1. The molecule has 1 N–H and O–H groups in total. The van der Waals surface area contributed by atoms with E-state index in [1.54, 1.807) is 24.3 Å². The van der Waals surface area contributed by atoms with E-state index in [9.17, 15) is 9.59 Å². The maximum Gasteiger partial charge on any atom is 0.328 e. The zero-order valence-corrected chi connectivity index (χ0v) is 12.3. The van der Waals surface area contributed by atoms with Crippen molar-refractivity contribution in [2.75, 3.05) is 13.1 Å². The van der Waals surface area contributed by atoms with Gasteiger partial charge in [0.15, 0.2) is 0 Å². The first-order valence-electron chi connectivity index (χ1n) is 7.36. The Morgan fingerprint density at radius 3 is 2.86 bits per heavy atom. The number of carbonyl (C=O) groups is 2. The van der Waals surface area contributed by atoms with Crippen LogP contribution in [0.1, 0.15) is 42.1 Å². The minimum absolute atomic E-state index is 0.0367. The monoisotopic (exact) mass is 287 g/mol. The molecule has 1 heterocycles. The first kappa shape index (κ1) is 15.3. The number of amides is 1. The van der Waals surface area contributed by atoms with Gasteiger partial charge in [0.05, 0.1) is 0 Å². The maximum absolute atomic E-state index is 12.5. The van der Waals surface area contributed by atoms with Crippen LogP contribution >= 0.6 is 0 Å². The molecule has 0 saturated carbocycles. The van der Waals surface area contributed by atoms with Crippen LogP contribution in [0, 0.1) is 5.92 Å². The molecule has 1 atom stereocenters. The van der Waals surface area contributed by atoms with Crippen molar-refractivity contribution in [3.63, 3.8) is 0 Å². The average Bonchev–Trinajstić information content (AvgIpc) is 2.69. The highest BCUT2D eigenvalue weighted by molar-refractivity contribution is 5.95. The van der Waals surface area contributed by atoms with Crippen molar-refractivity contribution in [1.29, 1.82) is 0 Å². The molecule has 1 saturated heterocycles. The molecule has 112 valence electrons. The van der Waals surface area contributed by atoms with Crippen LogP contribution in [0.5, 0.6) is 0 Å². The van der Waals surface area contributed by atoms with Crippen molar-refractivity contribution in [1.82, 2.24) is 4.90 Å². The first-order valence-corrected chi connectivity index (χ1v) is 7.36. The molecule has 1 aromatic carbocycles. The van der Waals surface area contributed by atoms with E-state index in [1.807, 2.05) is 4.90 Å². The van der Waals surface area contributed by atoms with Gasteiger partial charge < -0.3 is 10.0 Å². The second kappa shape index (κ2) is 7.07. The molecule has 0 aromatic heterocycles. The van der Waals surface area contributed by atoms with Gasteiger partial charge in [0.25, 0.3) is 5.91 Å². The number of hydrogen-bond donors (Lipinski definition) is 1. The summed E-state index contributed by atoms with van der Waals surface area (Å²) in [4.78, 5) is 25.0. The molecule has 1 aromatic rings. The summed E-state index contributed by atoms with van der Waals surface area (Å²) < 4.78 is 0. The lowest BCUT2D eigenvalue weighted by Gasteiger charge is -2.20. The topological polar surface area (TPSA) is 57.6 Å². The van der Waals surface area contributed by atoms with Crippen LogP contribution < -0.4 is 0 Å². The maximum atomic E-state index is 12.5. The number of aliphatic carboxylic acids is 1. The molecule has 1 fully saturated rings. The van der Waals surface area contributed by atoms with Gasteiger partial charge in [0, 0.05) is 24.7 Å². The van der Waals surface area contributed by atoms with Gasteiger partial charge in [0.1, 0.15) is 0 Å². The van der Waals surface area contributed by atoms with Gasteiger partial charge in [-0.1, -0.05) is 19.1 Å². The second-order valence-electron chi connectivity index (χ2n) is 5.63. The summed E-state index contributed by atoms with van der Waals surface area (Å²) in [6, 6.07) is 7.11. The number of likely N-dealkylation sites (tertiary alicyclic amines) is 1. The van der Waals surface area contributed by atoms with E-state index in [2.05, 4.69) is 6.92 Å². The Labute approximate surface area is 125 Å². The number of nitrogens with zero attached hydrogens (tertiary/aromatic N) is 1. The lowest BCUT2D eigenvalue weighted by atomic mass is 10.0. The molecule has 0 spiro atoms. The number of carboxylic acids is 1.